The summed E-state index contributed by atoms with van der Waals surface area (Å²) in [5.41, 5.74) is 0. The molecule has 0 unspecified atom stereocenters. The molecule has 0 spiro atoms. The van der Waals surface area contributed by atoms with Gasteiger partial charge < -0.3 is 4.74 Å². The third kappa shape index (κ3) is 7.92. The molecule has 0 saturated carbocycles. The standard InChI is InChI=1S/C8H19NO/c1-3-4-5-6-7-10-8-9-2/h9H,3-8H2,1-2H3. The predicted molar refractivity (Wildman–Crippen MR) is 44.0 cm³/mol. The molecular weight excluding hydrogens is 126 g/mol. The molecule has 0 bridgehead atoms. The maximum Gasteiger partial charge on any atom is 0.0962 e. The summed E-state index contributed by atoms with van der Waals surface area (Å²) in [6.45, 7) is 3.81. The Balaban J connectivity index is 2.65. The molecule has 0 rings (SSSR count). The van der Waals surface area contributed by atoms with Crippen molar-refractivity contribution in [3.63, 3.8) is 0 Å². The molecule has 2 heteroatoms. The Hall–Kier alpha value is -0.0800. The van der Waals surface area contributed by atoms with Crippen LogP contribution in [0, 0.1) is 0 Å². The maximum atomic E-state index is 5.22. The van der Waals surface area contributed by atoms with Crippen LogP contribution in [0.5, 0.6) is 0 Å². The number of ether oxygens (including phenoxy) is 1. The van der Waals surface area contributed by atoms with Crippen molar-refractivity contribution in [1.29, 1.82) is 0 Å². The van der Waals surface area contributed by atoms with E-state index < -0.39 is 0 Å². The van der Waals surface area contributed by atoms with E-state index in [0.29, 0.717) is 6.73 Å². The molecule has 0 aromatic rings. The van der Waals surface area contributed by atoms with Gasteiger partial charge in [-0.25, -0.2) is 0 Å². The van der Waals surface area contributed by atoms with Crippen LogP contribution in [0.25, 0.3) is 0 Å². The van der Waals surface area contributed by atoms with Crippen molar-refractivity contribution >= 4 is 0 Å². The second kappa shape index (κ2) is 8.92. The summed E-state index contributed by atoms with van der Waals surface area (Å²) < 4.78 is 5.22. The molecule has 0 amide bonds. The second-order valence-corrected chi connectivity index (χ2v) is 2.47. The topological polar surface area (TPSA) is 21.3 Å². The van der Waals surface area contributed by atoms with E-state index in [-0.39, 0.29) is 0 Å². The van der Waals surface area contributed by atoms with Gasteiger partial charge in [-0.2, -0.15) is 0 Å². The first-order chi connectivity index (χ1) is 4.91. The Morgan fingerprint density at radius 1 is 1.20 bits per heavy atom. The van der Waals surface area contributed by atoms with E-state index in [2.05, 4.69) is 12.2 Å². The molecule has 1 N–H and O–H groups in total. The fourth-order valence-electron chi connectivity index (χ4n) is 0.805. The van der Waals surface area contributed by atoms with Gasteiger partial charge in [0, 0.05) is 6.61 Å². The lowest BCUT2D eigenvalue weighted by molar-refractivity contribution is 0.118. The molecule has 0 heterocycles. The van der Waals surface area contributed by atoms with Gasteiger partial charge in [0.2, 0.25) is 0 Å². The molecule has 0 aliphatic rings. The van der Waals surface area contributed by atoms with Crippen LogP contribution >= 0.6 is 0 Å². The quantitative estimate of drug-likeness (QED) is 0.435. The van der Waals surface area contributed by atoms with E-state index in [0.717, 1.165) is 6.61 Å². The van der Waals surface area contributed by atoms with E-state index in [1.807, 2.05) is 7.05 Å². The third-order valence-corrected chi connectivity index (χ3v) is 1.39. The molecule has 10 heavy (non-hydrogen) atoms. The highest BCUT2D eigenvalue weighted by atomic mass is 16.5. The summed E-state index contributed by atoms with van der Waals surface area (Å²) in [4.78, 5) is 0. The van der Waals surface area contributed by atoms with Crippen LogP contribution in [0.2, 0.25) is 0 Å². The highest BCUT2D eigenvalue weighted by Gasteiger charge is 1.86. The van der Waals surface area contributed by atoms with Gasteiger partial charge in [-0.05, 0) is 13.5 Å². The lowest BCUT2D eigenvalue weighted by atomic mass is 10.2. The number of hydrogen-bond donors (Lipinski definition) is 1. The molecule has 0 radical (unpaired) electrons. The average Bonchev–Trinajstić information content (AvgIpc) is 1.97. The molecule has 0 atom stereocenters. The molecule has 0 aliphatic heterocycles. The van der Waals surface area contributed by atoms with Crippen molar-refractivity contribution in [2.45, 2.75) is 32.6 Å². The van der Waals surface area contributed by atoms with E-state index >= 15 is 0 Å². The van der Waals surface area contributed by atoms with Gasteiger partial charge in [0.05, 0.1) is 6.73 Å². The molecule has 0 aromatic carbocycles. The minimum atomic E-state index is 0.687. The van der Waals surface area contributed by atoms with Gasteiger partial charge >= 0.3 is 0 Å². The minimum Gasteiger partial charge on any atom is -0.366 e. The molecular formula is C8H19NO. The van der Waals surface area contributed by atoms with E-state index in [4.69, 9.17) is 4.74 Å². The van der Waals surface area contributed by atoms with Crippen LogP contribution in [0.4, 0.5) is 0 Å². The van der Waals surface area contributed by atoms with Crippen LogP contribution in [0.15, 0.2) is 0 Å². The molecule has 0 aliphatic carbocycles. The number of hydrogen-bond acceptors (Lipinski definition) is 2. The molecule has 2 nitrogen and oxygen atoms in total. The van der Waals surface area contributed by atoms with E-state index in [9.17, 15) is 0 Å². The fourth-order valence-corrected chi connectivity index (χ4v) is 0.805. The van der Waals surface area contributed by atoms with Crippen LogP contribution in [-0.2, 0) is 4.74 Å². The van der Waals surface area contributed by atoms with Crippen LogP contribution in [0.3, 0.4) is 0 Å². The Bertz CT molecular complexity index is 49.2. The fraction of sp³-hybridized carbons (Fsp3) is 1.00. The summed E-state index contributed by atoms with van der Waals surface area (Å²) in [6, 6.07) is 0. The van der Waals surface area contributed by atoms with Gasteiger partial charge in [-0.3, -0.25) is 5.32 Å². The lowest BCUT2D eigenvalue weighted by Crippen LogP contribution is -2.11. The largest absolute Gasteiger partial charge is 0.366 e. The average molecular weight is 145 g/mol. The van der Waals surface area contributed by atoms with Crippen molar-refractivity contribution in [3.05, 3.63) is 0 Å². The van der Waals surface area contributed by atoms with E-state index in [1.54, 1.807) is 0 Å². The first-order valence-electron chi connectivity index (χ1n) is 4.14. The Kier molecular flexibility index (Phi) is 8.85. The van der Waals surface area contributed by atoms with Crippen LogP contribution in [-0.4, -0.2) is 20.4 Å². The van der Waals surface area contributed by atoms with Crippen molar-refractivity contribution in [3.8, 4) is 0 Å². The predicted octanol–water partition coefficient (Wildman–Crippen LogP) is 1.76. The normalized spacial score (nSPS) is 10.2. The Morgan fingerprint density at radius 3 is 2.60 bits per heavy atom. The molecule has 0 saturated heterocycles. The molecule has 0 aromatic heterocycles. The number of unbranched alkanes of at least 4 members (excludes halogenated alkanes) is 3. The zero-order chi connectivity index (χ0) is 7.66. The van der Waals surface area contributed by atoms with Crippen molar-refractivity contribution in [2.75, 3.05) is 20.4 Å². The Labute approximate surface area is 64.0 Å². The third-order valence-electron chi connectivity index (χ3n) is 1.39. The zero-order valence-electron chi connectivity index (χ0n) is 7.15. The Morgan fingerprint density at radius 2 is 2.00 bits per heavy atom. The van der Waals surface area contributed by atoms with Crippen molar-refractivity contribution < 1.29 is 4.74 Å². The zero-order valence-corrected chi connectivity index (χ0v) is 7.15. The first-order valence-corrected chi connectivity index (χ1v) is 4.14. The maximum absolute atomic E-state index is 5.22. The van der Waals surface area contributed by atoms with Crippen LogP contribution < -0.4 is 5.32 Å². The van der Waals surface area contributed by atoms with E-state index in [1.165, 1.54) is 25.7 Å². The highest BCUT2D eigenvalue weighted by Crippen LogP contribution is 1.97. The summed E-state index contributed by atoms with van der Waals surface area (Å²) in [7, 11) is 1.89. The molecule has 62 valence electrons. The van der Waals surface area contributed by atoms with Gasteiger partial charge in [0.1, 0.15) is 0 Å². The SMILES string of the molecule is CCCCCCOCNC. The van der Waals surface area contributed by atoms with Crippen molar-refractivity contribution in [2.24, 2.45) is 0 Å². The summed E-state index contributed by atoms with van der Waals surface area (Å²) >= 11 is 0. The van der Waals surface area contributed by atoms with Crippen molar-refractivity contribution in [1.82, 2.24) is 5.32 Å². The number of rotatable bonds is 7. The summed E-state index contributed by atoms with van der Waals surface area (Å²) in [5.74, 6) is 0. The highest BCUT2D eigenvalue weighted by molar-refractivity contribution is 4.38. The summed E-state index contributed by atoms with van der Waals surface area (Å²) in [6.07, 6.45) is 5.14. The lowest BCUT2D eigenvalue weighted by Gasteiger charge is -2.01. The van der Waals surface area contributed by atoms with Gasteiger partial charge in [0.25, 0.3) is 0 Å². The monoisotopic (exact) mass is 145 g/mol. The van der Waals surface area contributed by atoms with Crippen LogP contribution in [0.1, 0.15) is 32.6 Å². The van der Waals surface area contributed by atoms with Gasteiger partial charge in [0.15, 0.2) is 0 Å². The first kappa shape index (κ1) is 9.92. The van der Waals surface area contributed by atoms with Gasteiger partial charge in [-0.15, -0.1) is 0 Å². The molecule has 0 fully saturated rings. The summed E-state index contributed by atoms with van der Waals surface area (Å²) in [5, 5.41) is 2.94. The smallest absolute Gasteiger partial charge is 0.0962 e. The van der Waals surface area contributed by atoms with Gasteiger partial charge in [-0.1, -0.05) is 26.2 Å². The number of nitrogens with one attached hydrogen (secondary N) is 1. The second-order valence-electron chi connectivity index (χ2n) is 2.47. The minimum absolute atomic E-state index is 0.687.